The molecule has 1 amide bonds. The molecule has 0 bridgehead atoms. The fourth-order valence-electron chi connectivity index (χ4n) is 1.62. The summed E-state index contributed by atoms with van der Waals surface area (Å²) in [6.45, 7) is 3.95. The fraction of sp³-hybridized carbons (Fsp3) is 0.385. The van der Waals surface area contributed by atoms with Gasteiger partial charge in [0, 0.05) is 16.9 Å². The van der Waals surface area contributed by atoms with Gasteiger partial charge in [0.15, 0.2) is 0 Å². The Hall–Kier alpha value is -0.940. The zero-order valence-electron chi connectivity index (χ0n) is 10.5. The number of halogens is 1. The summed E-state index contributed by atoms with van der Waals surface area (Å²) in [5.41, 5.74) is 7.19. The van der Waals surface area contributed by atoms with Crippen LogP contribution in [-0.4, -0.2) is 16.9 Å². The van der Waals surface area contributed by atoms with Gasteiger partial charge in [-0.05, 0) is 41.4 Å². The summed E-state index contributed by atoms with van der Waals surface area (Å²) in [4.78, 5) is 12.6. The molecule has 0 aromatic heterocycles. The standard InChI is InChI=1S/C13H17BrN2OS/c1-3-9(7-12(15)18)16-13(17)10-6-8(2)4-5-11(10)14/h4-6,9H,3,7H2,1-2H3,(H2,15,18)(H,16,17). The van der Waals surface area contributed by atoms with Crippen molar-refractivity contribution in [2.75, 3.05) is 0 Å². The molecule has 1 atom stereocenters. The number of aryl methyl sites for hydroxylation is 1. The Morgan fingerprint density at radius 1 is 1.56 bits per heavy atom. The molecule has 1 aromatic rings. The molecular formula is C13H17BrN2OS. The Labute approximate surface area is 121 Å². The molecule has 3 N–H and O–H groups in total. The van der Waals surface area contributed by atoms with Crippen molar-refractivity contribution in [3.63, 3.8) is 0 Å². The van der Waals surface area contributed by atoms with Crippen molar-refractivity contribution in [3.8, 4) is 0 Å². The van der Waals surface area contributed by atoms with E-state index in [1.165, 1.54) is 0 Å². The van der Waals surface area contributed by atoms with Gasteiger partial charge in [0.05, 0.1) is 10.6 Å². The Balaban J connectivity index is 2.80. The van der Waals surface area contributed by atoms with Crippen LogP contribution in [0.15, 0.2) is 22.7 Å². The van der Waals surface area contributed by atoms with Crippen LogP contribution in [0.5, 0.6) is 0 Å². The first kappa shape index (κ1) is 15.1. The third-order valence-electron chi connectivity index (χ3n) is 2.64. The van der Waals surface area contributed by atoms with E-state index in [9.17, 15) is 4.79 Å². The van der Waals surface area contributed by atoms with Crippen LogP contribution in [0.25, 0.3) is 0 Å². The van der Waals surface area contributed by atoms with Gasteiger partial charge in [-0.1, -0.05) is 30.8 Å². The summed E-state index contributed by atoms with van der Waals surface area (Å²) in [7, 11) is 0. The third kappa shape index (κ3) is 4.38. The molecule has 1 rings (SSSR count). The van der Waals surface area contributed by atoms with E-state index in [4.69, 9.17) is 18.0 Å². The molecule has 0 heterocycles. The van der Waals surface area contributed by atoms with Crippen LogP contribution in [0.1, 0.15) is 35.7 Å². The molecule has 0 aliphatic heterocycles. The van der Waals surface area contributed by atoms with Crippen molar-refractivity contribution in [1.82, 2.24) is 5.32 Å². The molecule has 0 radical (unpaired) electrons. The molecule has 5 heteroatoms. The van der Waals surface area contributed by atoms with Gasteiger partial charge in [-0.25, -0.2) is 0 Å². The van der Waals surface area contributed by atoms with E-state index in [-0.39, 0.29) is 11.9 Å². The van der Waals surface area contributed by atoms with Gasteiger partial charge < -0.3 is 11.1 Å². The van der Waals surface area contributed by atoms with Gasteiger partial charge in [0.1, 0.15) is 0 Å². The van der Waals surface area contributed by atoms with Crippen LogP contribution in [0.3, 0.4) is 0 Å². The maximum Gasteiger partial charge on any atom is 0.252 e. The van der Waals surface area contributed by atoms with E-state index in [0.29, 0.717) is 17.0 Å². The summed E-state index contributed by atoms with van der Waals surface area (Å²) >= 11 is 8.25. The summed E-state index contributed by atoms with van der Waals surface area (Å²) in [6, 6.07) is 5.67. The summed E-state index contributed by atoms with van der Waals surface area (Å²) in [5, 5.41) is 2.95. The lowest BCUT2D eigenvalue weighted by molar-refractivity contribution is 0.0936. The largest absolute Gasteiger partial charge is 0.393 e. The minimum Gasteiger partial charge on any atom is -0.393 e. The van der Waals surface area contributed by atoms with E-state index < -0.39 is 0 Å². The number of nitrogens with one attached hydrogen (secondary N) is 1. The molecule has 0 fully saturated rings. The van der Waals surface area contributed by atoms with Gasteiger partial charge in [0.2, 0.25) is 0 Å². The molecule has 0 saturated carbocycles. The second-order valence-corrected chi connectivity index (χ2v) is 5.61. The zero-order chi connectivity index (χ0) is 13.7. The summed E-state index contributed by atoms with van der Waals surface area (Å²) < 4.78 is 0.788. The van der Waals surface area contributed by atoms with E-state index in [2.05, 4.69) is 21.2 Å². The van der Waals surface area contributed by atoms with E-state index in [0.717, 1.165) is 16.5 Å². The van der Waals surface area contributed by atoms with Gasteiger partial charge in [-0.3, -0.25) is 4.79 Å². The number of carbonyl (C=O) groups excluding carboxylic acids is 1. The lowest BCUT2D eigenvalue weighted by atomic mass is 10.1. The molecule has 0 aliphatic carbocycles. The number of benzene rings is 1. The molecular weight excluding hydrogens is 312 g/mol. The predicted octanol–water partition coefficient (Wildman–Crippen LogP) is 2.94. The second-order valence-electron chi connectivity index (χ2n) is 4.23. The van der Waals surface area contributed by atoms with Crippen LogP contribution in [-0.2, 0) is 0 Å². The van der Waals surface area contributed by atoms with Crippen LogP contribution in [0.2, 0.25) is 0 Å². The number of hydrogen-bond acceptors (Lipinski definition) is 2. The first-order valence-electron chi connectivity index (χ1n) is 5.79. The van der Waals surface area contributed by atoms with Crippen LogP contribution in [0.4, 0.5) is 0 Å². The maximum absolute atomic E-state index is 12.1. The third-order valence-corrected chi connectivity index (χ3v) is 3.50. The van der Waals surface area contributed by atoms with Crippen LogP contribution >= 0.6 is 28.1 Å². The molecule has 0 saturated heterocycles. The molecule has 0 spiro atoms. The van der Waals surface area contributed by atoms with Crippen molar-refractivity contribution < 1.29 is 4.79 Å². The van der Waals surface area contributed by atoms with Crippen molar-refractivity contribution in [1.29, 1.82) is 0 Å². The number of hydrogen-bond donors (Lipinski definition) is 2. The number of thiocarbonyl (C=S) groups is 1. The van der Waals surface area contributed by atoms with Crippen molar-refractivity contribution in [2.45, 2.75) is 32.7 Å². The van der Waals surface area contributed by atoms with Gasteiger partial charge in [-0.2, -0.15) is 0 Å². The van der Waals surface area contributed by atoms with E-state index in [1.807, 2.05) is 32.0 Å². The second kappa shape index (κ2) is 6.85. The van der Waals surface area contributed by atoms with Gasteiger partial charge >= 0.3 is 0 Å². The number of amides is 1. The molecule has 3 nitrogen and oxygen atoms in total. The fourth-order valence-corrected chi connectivity index (χ4v) is 2.24. The van der Waals surface area contributed by atoms with E-state index >= 15 is 0 Å². The highest BCUT2D eigenvalue weighted by Crippen LogP contribution is 2.18. The number of nitrogens with two attached hydrogens (primary N) is 1. The maximum atomic E-state index is 12.1. The molecule has 98 valence electrons. The van der Waals surface area contributed by atoms with Crippen LogP contribution < -0.4 is 11.1 Å². The first-order valence-corrected chi connectivity index (χ1v) is 6.99. The highest BCUT2D eigenvalue weighted by atomic mass is 79.9. The molecule has 0 aliphatic rings. The highest BCUT2D eigenvalue weighted by Gasteiger charge is 2.15. The first-order chi connectivity index (χ1) is 8.43. The Morgan fingerprint density at radius 2 is 2.22 bits per heavy atom. The molecule has 18 heavy (non-hydrogen) atoms. The normalized spacial score (nSPS) is 11.9. The Kier molecular flexibility index (Phi) is 5.75. The van der Waals surface area contributed by atoms with Crippen molar-refractivity contribution >= 4 is 39.0 Å². The van der Waals surface area contributed by atoms with Gasteiger partial charge in [0.25, 0.3) is 5.91 Å². The summed E-state index contributed by atoms with van der Waals surface area (Å²) in [5.74, 6) is -0.103. The smallest absolute Gasteiger partial charge is 0.252 e. The lowest BCUT2D eigenvalue weighted by Gasteiger charge is -2.17. The quantitative estimate of drug-likeness (QED) is 0.817. The lowest BCUT2D eigenvalue weighted by Crippen LogP contribution is -2.37. The van der Waals surface area contributed by atoms with Gasteiger partial charge in [-0.15, -0.1) is 0 Å². The molecule has 1 unspecified atom stereocenters. The highest BCUT2D eigenvalue weighted by molar-refractivity contribution is 9.10. The predicted molar refractivity (Wildman–Crippen MR) is 81.8 cm³/mol. The zero-order valence-corrected chi connectivity index (χ0v) is 12.9. The number of rotatable bonds is 5. The Morgan fingerprint density at radius 3 is 2.78 bits per heavy atom. The summed E-state index contributed by atoms with van der Waals surface area (Å²) in [6.07, 6.45) is 1.33. The average molecular weight is 329 g/mol. The minimum atomic E-state index is -0.103. The molecule has 1 aromatic carbocycles. The average Bonchev–Trinajstić information content (AvgIpc) is 2.30. The SMILES string of the molecule is CCC(CC(N)=S)NC(=O)c1cc(C)ccc1Br. The monoisotopic (exact) mass is 328 g/mol. The van der Waals surface area contributed by atoms with Crippen molar-refractivity contribution in [2.24, 2.45) is 5.73 Å². The van der Waals surface area contributed by atoms with Crippen molar-refractivity contribution in [3.05, 3.63) is 33.8 Å². The Bertz CT molecular complexity index is 462. The minimum absolute atomic E-state index is 0.0117. The topological polar surface area (TPSA) is 55.1 Å². The van der Waals surface area contributed by atoms with E-state index in [1.54, 1.807) is 0 Å². The van der Waals surface area contributed by atoms with Crippen LogP contribution in [0, 0.1) is 6.92 Å². The number of carbonyl (C=O) groups is 1.